The first-order chi connectivity index (χ1) is 13.4. The number of hydrogen-bond acceptors (Lipinski definition) is 6. The molecule has 0 saturated heterocycles. The molecule has 0 amide bonds. The van der Waals surface area contributed by atoms with E-state index in [1.54, 1.807) is 6.07 Å². The Morgan fingerprint density at radius 1 is 1.11 bits per heavy atom. The number of halogens is 4. The van der Waals surface area contributed by atoms with E-state index in [-0.39, 0.29) is 28.7 Å². The first-order valence-corrected chi connectivity index (χ1v) is 9.48. The largest absolute Gasteiger partial charge is 0.419 e. The Bertz CT molecular complexity index is 982. The minimum absolute atomic E-state index is 0.0226. The van der Waals surface area contributed by atoms with E-state index in [2.05, 4.69) is 15.5 Å². The Labute approximate surface area is 172 Å². The lowest BCUT2D eigenvalue weighted by atomic mass is 10.1. The topological polar surface area (TPSA) is 103 Å². The van der Waals surface area contributed by atoms with Crippen molar-refractivity contribution < 1.29 is 17.6 Å². The third-order valence-electron chi connectivity index (χ3n) is 3.99. The SMILES string of the molecule is NCCCC(N)c1nnc(-c2ccc(F)c(F)c2Nc2ccc(I)cc2F)o1. The third kappa shape index (κ3) is 4.45. The van der Waals surface area contributed by atoms with Crippen LogP contribution >= 0.6 is 22.6 Å². The molecule has 3 rings (SSSR count). The fraction of sp³-hybridized carbons (Fsp3) is 0.222. The zero-order valence-corrected chi connectivity index (χ0v) is 16.7. The maximum Gasteiger partial charge on any atom is 0.250 e. The van der Waals surface area contributed by atoms with Gasteiger partial charge in [0.15, 0.2) is 11.6 Å². The van der Waals surface area contributed by atoms with Crippen molar-refractivity contribution in [1.82, 2.24) is 10.2 Å². The van der Waals surface area contributed by atoms with Crippen LogP contribution in [0.5, 0.6) is 0 Å². The van der Waals surface area contributed by atoms with Crippen LogP contribution < -0.4 is 16.8 Å². The third-order valence-corrected chi connectivity index (χ3v) is 4.66. The Balaban J connectivity index is 1.98. The van der Waals surface area contributed by atoms with Gasteiger partial charge in [-0.15, -0.1) is 10.2 Å². The number of nitrogens with two attached hydrogens (primary N) is 2. The monoisotopic (exact) mass is 503 g/mol. The molecule has 0 spiro atoms. The molecule has 5 N–H and O–H groups in total. The summed E-state index contributed by atoms with van der Waals surface area (Å²) in [6.45, 7) is 0.466. The molecule has 0 aliphatic carbocycles. The Morgan fingerprint density at radius 3 is 2.61 bits per heavy atom. The quantitative estimate of drug-likeness (QED) is 0.417. The van der Waals surface area contributed by atoms with E-state index >= 15 is 0 Å². The van der Waals surface area contributed by atoms with Crippen LogP contribution in [0.25, 0.3) is 11.5 Å². The van der Waals surface area contributed by atoms with E-state index < -0.39 is 23.5 Å². The molecule has 3 aromatic rings. The molecule has 148 valence electrons. The molecule has 1 atom stereocenters. The highest BCUT2D eigenvalue weighted by Crippen LogP contribution is 2.34. The molecule has 6 nitrogen and oxygen atoms in total. The van der Waals surface area contributed by atoms with E-state index in [1.807, 2.05) is 22.6 Å². The van der Waals surface area contributed by atoms with Gasteiger partial charge in [-0.3, -0.25) is 0 Å². The van der Waals surface area contributed by atoms with Gasteiger partial charge in [-0.05, 0) is 72.3 Å². The molecule has 0 aliphatic heterocycles. The van der Waals surface area contributed by atoms with Crippen LogP contribution in [0.4, 0.5) is 24.5 Å². The average molecular weight is 503 g/mol. The van der Waals surface area contributed by atoms with Crippen molar-refractivity contribution in [2.45, 2.75) is 18.9 Å². The van der Waals surface area contributed by atoms with E-state index in [9.17, 15) is 13.2 Å². The van der Waals surface area contributed by atoms with E-state index in [0.717, 1.165) is 6.07 Å². The summed E-state index contributed by atoms with van der Waals surface area (Å²) in [7, 11) is 0. The van der Waals surface area contributed by atoms with Gasteiger partial charge in [-0.2, -0.15) is 0 Å². The summed E-state index contributed by atoms with van der Waals surface area (Å²) >= 11 is 1.94. The van der Waals surface area contributed by atoms with Gasteiger partial charge in [0.25, 0.3) is 0 Å². The zero-order chi connectivity index (χ0) is 20.3. The van der Waals surface area contributed by atoms with Crippen molar-refractivity contribution in [3.8, 4) is 11.5 Å². The van der Waals surface area contributed by atoms with Crippen molar-refractivity contribution in [1.29, 1.82) is 0 Å². The zero-order valence-electron chi connectivity index (χ0n) is 14.6. The standard InChI is InChI=1S/C18H17F3IN5O/c19-11-5-4-10(17-26-27-18(28-17)13(24)2-1-7-23)16(15(11)21)25-14-6-3-9(22)8-12(14)20/h3-6,8,13,25H,1-2,7,23-24H2. The maximum atomic E-state index is 14.5. The van der Waals surface area contributed by atoms with Crippen molar-refractivity contribution in [2.75, 3.05) is 11.9 Å². The lowest BCUT2D eigenvalue weighted by molar-refractivity contribution is 0.439. The second-order valence-corrected chi connectivity index (χ2v) is 7.26. The van der Waals surface area contributed by atoms with Crippen molar-refractivity contribution in [3.05, 3.63) is 57.2 Å². The number of benzene rings is 2. The lowest BCUT2D eigenvalue weighted by Gasteiger charge is -2.12. The number of hydrogen-bond donors (Lipinski definition) is 3. The summed E-state index contributed by atoms with van der Waals surface area (Å²) in [5, 5.41) is 10.3. The van der Waals surface area contributed by atoms with E-state index in [0.29, 0.717) is 23.0 Å². The van der Waals surface area contributed by atoms with Gasteiger partial charge in [-0.1, -0.05) is 0 Å². The molecule has 28 heavy (non-hydrogen) atoms. The summed E-state index contributed by atoms with van der Waals surface area (Å²) in [5.41, 5.74) is 11.2. The van der Waals surface area contributed by atoms with Crippen molar-refractivity contribution in [2.24, 2.45) is 11.5 Å². The summed E-state index contributed by atoms with van der Waals surface area (Å²) < 4.78 is 48.7. The number of anilines is 2. The van der Waals surface area contributed by atoms with E-state index in [1.165, 1.54) is 18.2 Å². The molecule has 0 aliphatic rings. The van der Waals surface area contributed by atoms with Crippen LogP contribution in [0.3, 0.4) is 0 Å². The van der Waals surface area contributed by atoms with Crippen molar-refractivity contribution in [3.63, 3.8) is 0 Å². The van der Waals surface area contributed by atoms with Gasteiger partial charge in [0.05, 0.1) is 23.0 Å². The lowest BCUT2D eigenvalue weighted by Crippen LogP contribution is -2.12. The average Bonchev–Trinajstić information content (AvgIpc) is 3.15. The van der Waals surface area contributed by atoms with Gasteiger partial charge < -0.3 is 21.2 Å². The van der Waals surface area contributed by atoms with Gasteiger partial charge in [0.1, 0.15) is 5.82 Å². The highest BCUT2D eigenvalue weighted by molar-refractivity contribution is 14.1. The summed E-state index contributed by atoms with van der Waals surface area (Å²) in [6.07, 6.45) is 1.21. The molecule has 1 unspecified atom stereocenters. The smallest absolute Gasteiger partial charge is 0.250 e. The molecule has 2 aromatic carbocycles. The Kier molecular flexibility index (Phi) is 6.52. The molecule has 0 saturated carbocycles. The second-order valence-electron chi connectivity index (χ2n) is 6.02. The van der Waals surface area contributed by atoms with Gasteiger partial charge in [-0.25, -0.2) is 13.2 Å². The number of nitrogens with zero attached hydrogens (tertiary/aromatic N) is 2. The molecule has 10 heteroatoms. The predicted molar refractivity (Wildman–Crippen MR) is 107 cm³/mol. The first-order valence-electron chi connectivity index (χ1n) is 8.40. The fourth-order valence-electron chi connectivity index (χ4n) is 2.53. The Morgan fingerprint density at radius 2 is 1.89 bits per heavy atom. The van der Waals surface area contributed by atoms with Gasteiger partial charge in [0, 0.05) is 3.57 Å². The predicted octanol–water partition coefficient (Wildman–Crippen LogP) is 4.24. The molecule has 0 bridgehead atoms. The molecular weight excluding hydrogens is 486 g/mol. The van der Waals surface area contributed by atoms with Gasteiger partial charge in [0.2, 0.25) is 11.8 Å². The molecular formula is C18H17F3IN5O. The summed E-state index contributed by atoms with van der Waals surface area (Å²) in [5.74, 6) is -2.82. The molecule has 0 fully saturated rings. The highest BCUT2D eigenvalue weighted by atomic mass is 127. The minimum atomic E-state index is -1.19. The number of nitrogens with one attached hydrogen (secondary N) is 1. The summed E-state index contributed by atoms with van der Waals surface area (Å²) in [6, 6.07) is 5.99. The first kappa shape index (κ1) is 20.6. The normalized spacial score (nSPS) is 12.2. The number of rotatable bonds is 7. The maximum absolute atomic E-state index is 14.5. The van der Waals surface area contributed by atoms with Crippen LogP contribution in [0.1, 0.15) is 24.8 Å². The van der Waals surface area contributed by atoms with Crippen LogP contribution in [0.2, 0.25) is 0 Å². The van der Waals surface area contributed by atoms with Crippen LogP contribution in [-0.2, 0) is 0 Å². The minimum Gasteiger partial charge on any atom is -0.419 e. The van der Waals surface area contributed by atoms with Crippen LogP contribution in [0, 0.1) is 21.0 Å². The van der Waals surface area contributed by atoms with Crippen molar-refractivity contribution >= 4 is 34.0 Å². The molecule has 1 aromatic heterocycles. The number of aromatic nitrogens is 2. The molecule has 1 heterocycles. The van der Waals surface area contributed by atoms with E-state index in [4.69, 9.17) is 15.9 Å². The summed E-state index contributed by atoms with van der Waals surface area (Å²) in [4.78, 5) is 0. The second kappa shape index (κ2) is 8.88. The van der Waals surface area contributed by atoms with Gasteiger partial charge >= 0.3 is 0 Å². The highest BCUT2D eigenvalue weighted by Gasteiger charge is 2.22. The van der Waals surface area contributed by atoms with Crippen LogP contribution in [0.15, 0.2) is 34.7 Å². The Hall–Kier alpha value is -2.18. The van der Waals surface area contributed by atoms with Crippen LogP contribution in [-0.4, -0.2) is 16.7 Å². The molecule has 0 radical (unpaired) electrons. The fourth-order valence-corrected chi connectivity index (χ4v) is 2.98.